The first-order valence-electron chi connectivity index (χ1n) is 6.04. The average molecular weight is 239 g/mol. The number of hydrogen-bond acceptors (Lipinski definition) is 5. The van der Waals surface area contributed by atoms with Gasteiger partial charge >= 0.3 is 0 Å². The fraction of sp³-hybridized carbons (Fsp3) is 0.818. The van der Waals surface area contributed by atoms with E-state index in [2.05, 4.69) is 15.2 Å². The van der Waals surface area contributed by atoms with E-state index in [1.165, 1.54) is 6.33 Å². The van der Waals surface area contributed by atoms with E-state index < -0.39 is 6.10 Å². The van der Waals surface area contributed by atoms with Crippen LogP contribution in [0.1, 0.15) is 31.2 Å². The van der Waals surface area contributed by atoms with Crippen LogP contribution in [0.25, 0.3) is 0 Å². The molecule has 2 fully saturated rings. The summed E-state index contributed by atoms with van der Waals surface area (Å²) in [5, 5.41) is 16.8. The van der Waals surface area contributed by atoms with Gasteiger partial charge in [-0.1, -0.05) is 0 Å². The van der Waals surface area contributed by atoms with E-state index in [4.69, 9.17) is 9.47 Å². The Bertz CT molecular complexity index is 362. The molecule has 0 bridgehead atoms. The van der Waals surface area contributed by atoms with Gasteiger partial charge in [0.15, 0.2) is 5.82 Å². The lowest BCUT2D eigenvalue weighted by atomic mass is 9.82. The number of aliphatic hydroxyl groups excluding tert-OH is 1. The Kier molecular flexibility index (Phi) is 2.85. The van der Waals surface area contributed by atoms with Crippen molar-refractivity contribution < 1.29 is 14.6 Å². The smallest absolute Gasteiger partial charge is 0.153 e. The summed E-state index contributed by atoms with van der Waals surface area (Å²) in [5.41, 5.74) is -0.177. The predicted molar refractivity (Wildman–Crippen MR) is 58.2 cm³/mol. The van der Waals surface area contributed by atoms with Crippen LogP contribution in [0.4, 0.5) is 0 Å². The maximum Gasteiger partial charge on any atom is 0.153 e. The molecule has 6 heteroatoms. The van der Waals surface area contributed by atoms with Crippen molar-refractivity contribution >= 4 is 0 Å². The van der Waals surface area contributed by atoms with Crippen molar-refractivity contribution in [2.75, 3.05) is 19.8 Å². The molecule has 0 aromatic carbocycles. The highest BCUT2D eigenvalue weighted by molar-refractivity contribution is 4.97. The van der Waals surface area contributed by atoms with Crippen LogP contribution in [0.3, 0.4) is 0 Å². The molecule has 3 atom stereocenters. The van der Waals surface area contributed by atoms with E-state index in [0.29, 0.717) is 19.0 Å². The standard InChI is InChI=1S/C11H17N3O3/c15-9(10-12-7-13-14-10)8-1-3-17-11(5-8)2-4-16-6-11/h7-9,15H,1-6H2,(H,12,13,14). The third-order valence-electron chi connectivity index (χ3n) is 3.76. The van der Waals surface area contributed by atoms with Gasteiger partial charge in [0.25, 0.3) is 0 Å². The summed E-state index contributed by atoms with van der Waals surface area (Å²) in [7, 11) is 0. The summed E-state index contributed by atoms with van der Waals surface area (Å²) in [5.74, 6) is 0.712. The maximum absolute atomic E-state index is 10.2. The van der Waals surface area contributed by atoms with Gasteiger partial charge in [-0.05, 0) is 18.8 Å². The summed E-state index contributed by atoms with van der Waals surface area (Å²) in [6.45, 7) is 2.08. The highest BCUT2D eigenvalue weighted by atomic mass is 16.6. The minimum atomic E-state index is -0.584. The fourth-order valence-electron chi connectivity index (χ4n) is 2.78. The number of H-pyrrole nitrogens is 1. The van der Waals surface area contributed by atoms with Gasteiger partial charge < -0.3 is 14.6 Å². The number of ether oxygens (including phenoxy) is 2. The van der Waals surface area contributed by atoms with Crippen LogP contribution in [-0.4, -0.2) is 45.7 Å². The van der Waals surface area contributed by atoms with Gasteiger partial charge in [0, 0.05) is 19.6 Å². The van der Waals surface area contributed by atoms with Gasteiger partial charge in [-0.25, -0.2) is 4.98 Å². The second-order valence-corrected chi connectivity index (χ2v) is 4.90. The van der Waals surface area contributed by atoms with Crippen LogP contribution in [0.2, 0.25) is 0 Å². The molecule has 1 aromatic rings. The lowest BCUT2D eigenvalue weighted by Crippen LogP contribution is -2.42. The zero-order chi connectivity index (χ0) is 11.7. The Labute approximate surface area is 99.3 Å². The average Bonchev–Trinajstić information content (AvgIpc) is 3.00. The molecular weight excluding hydrogens is 222 g/mol. The number of nitrogens with one attached hydrogen (secondary N) is 1. The summed E-state index contributed by atoms with van der Waals surface area (Å²) in [6, 6.07) is 0. The second-order valence-electron chi connectivity index (χ2n) is 4.90. The monoisotopic (exact) mass is 239 g/mol. The third-order valence-corrected chi connectivity index (χ3v) is 3.76. The predicted octanol–water partition coefficient (Wildman–Crippen LogP) is 0.424. The number of hydrogen-bond donors (Lipinski definition) is 2. The van der Waals surface area contributed by atoms with Crippen LogP contribution < -0.4 is 0 Å². The van der Waals surface area contributed by atoms with E-state index in [1.807, 2.05) is 0 Å². The van der Waals surface area contributed by atoms with E-state index in [0.717, 1.165) is 25.9 Å². The molecule has 1 spiro atoms. The second kappa shape index (κ2) is 4.36. The largest absolute Gasteiger partial charge is 0.385 e. The summed E-state index contributed by atoms with van der Waals surface area (Å²) in [4.78, 5) is 4.02. The SMILES string of the molecule is OC(c1ncn[nH]1)C1CCOC2(CCOC2)C1. The van der Waals surface area contributed by atoms with E-state index in [-0.39, 0.29) is 11.5 Å². The lowest BCUT2D eigenvalue weighted by Gasteiger charge is -2.38. The Hall–Kier alpha value is -0.980. The molecule has 1 aromatic heterocycles. The molecule has 0 saturated carbocycles. The molecule has 2 aliphatic rings. The molecule has 0 amide bonds. The summed E-state index contributed by atoms with van der Waals surface area (Å²) < 4.78 is 11.3. The molecule has 3 unspecified atom stereocenters. The van der Waals surface area contributed by atoms with Crippen LogP contribution >= 0.6 is 0 Å². The molecule has 2 N–H and O–H groups in total. The topological polar surface area (TPSA) is 80.3 Å². The van der Waals surface area contributed by atoms with Crippen LogP contribution in [-0.2, 0) is 9.47 Å². The highest BCUT2D eigenvalue weighted by Gasteiger charge is 2.43. The summed E-state index contributed by atoms with van der Waals surface area (Å²) in [6.07, 6.45) is 3.44. The van der Waals surface area contributed by atoms with Gasteiger partial charge in [0.05, 0.1) is 12.2 Å². The van der Waals surface area contributed by atoms with Crippen molar-refractivity contribution in [3.8, 4) is 0 Å². The lowest BCUT2D eigenvalue weighted by molar-refractivity contribution is -0.118. The Balaban J connectivity index is 1.71. The first-order chi connectivity index (χ1) is 8.29. The molecular formula is C11H17N3O3. The van der Waals surface area contributed by atoms with Crippen molar-refractivity contribution in [2.24, 2.45) is 5.92 Å². The maximum atomic E-state index is 10.2. The normalized spacial score (nSPS) is 35.2. The number of aliphatic hydroxyl groups is 1. The zero-order valence-electron chi connectivity index (χ0n) is 9.63. The van der Waals surface area contributed by atoms with E-state index in [1.54, 1.807) is 0 Å². The molecule has 6 nitrogen and oxygen atoms in total. The van der Waals surface area contributed by atoms with Gasteiger partial charge in [0.1, 0.15) is 12.4 Å². The minimum absolute atomic E-state index is 0.165. The van der Waals surface area contributed by atoms with Crippen molar-refractivity contribution in [3.63, 3.8) is 0 Å². The minimum Gasteiger partial charge on any atom is -0.385 e. The molecule has 17 heavy (non-hydrogen) atoms. The quantitative estimate of drug-likeness (QED) is 0.782. The molecule has 3 heterocycles. The summed E-state index contributed by atoms with van der Waals surface area (Å²) >= 11 is 0. The van der Waals surface area contributed by atoms with E-state index >= 15 is 0 Å². The van der Waals surface area contributed by atoms with Gasteiger partial charge in [-0.2, -0.15) is 5.10 Å². The fourth-order valence-corrected chi connectivity index (χ4v) is 2.78. The molecule has 2 saturated heterocycles. The number of nitrogens with zero attached hydrogens (tertiary/aromatic N) is 2. The Morgan fingerprint density at radius 3 is 3.18 bits per heavy atom. The van der Waals surface area contributed by atoms with Crippen molar-refractivity contribution in [1.82, 2.24) is 15.2 Å². The van der Waals surface area contributed by atoms with Crippen molar-refractivity contribution in [1.29, 1.82) is 0 Å². The molecule has 0 radical (unpaired) electrons. The highest BCUT2D eigenvalue weighted by Crippen LogP contribution is 2.40. The van der Waals surface area contributed by atoms with E-state index in [9.17, 15) is 5.11 Å². The first kappa shape index (κ1) is 11.1. The van der Waals surface area contributed by atoms with Crippen LogP contribution in [0, 0.1) is 5.92 Å². The van der Waals surface area contributed by atoms with Crippen LogP contribution in [0.15, 0.2) is 6.33 Å². The number of aromatic nitrogens is 3. The molecule has 0 aliphatic carbocycles. The van der Waals surface area contributed by atoms with Gasteiger partial charge in [0.2, 0.25) is 0 Å². The molecule has 2 aliphatic heterocycles. The van der Waals surface area contributed by atoms with Crippen molar-refractivity contribution in [2.45, 2.75) is 31.0 Å². The molecule has 94 valence electrons. The number of aromatic amines is 1. The molecule has 3 rings (SSSR count). The van der Waals surface area contributed by atoms with Gasteiger partial charge in [-0.3, -0.25) is 5.10 Å². The Morgan fingerprint density at radius 1 is 1.53 bits per heavy atom. The third kappa shape index (κ3) is 2.08. The zero-order valence-corrected chi connectivity index (χ0v) is 9.63. The Morgan fingerprint density at radius 2 is 2.47 bits per heavy atom. The van der Waals surface area contributed by atoms with Crippen LogP contribution in [0.5, 0.6) is 0 Å². The first-order valence-corrected chi connectivity index (χ1v) is 6.04. The van der Waals surface area contributed by atoms with Gasteiger partial charge in [-0.15, -0.1) is 0 Å². The van der Waals surface area contributed by atoms with Crippen molar-refractivity contribution in [3.05, 3.63) is 12.2 Å². The number of rotatable bonds is 2.